The molecule has 0 aromatic rings. The second-order valence-corrected chi connectivity index (χ2v) is 7.86. The molecule has 0 unspecified atom stereocenters. The number of epoxide rings is 1. The smallest absolute Gasteiger partial charge is 0.306 e. The summed E-state index contributed by atoms with van der Waals surface area (Å²) in [7, 11) is 0. The van der Waals surface area contributed by atoms with Gasteiger partial charge in [-0.15, -0.1) is 0 Å². The summed E-state index contributed by atoms with van der Waals surface area (Å²) < 4.78 is 11.0. The number of hydrogen-bond donors (Lipinski definition) is 0. The van der Waals surface area contributed by atoms with Crippen molar-refractivity contribution in [1.82, 2.24) is 0 Å². The first-order valence-corrected chi connectivity index (χ1v) is 8.83. The average Bonchev–Trinajstić information content (AvgIpc) is 3.18. The molecule has 25 heavy (non-hydrogen) atoms. The van der Waals surface area contributed by atoms with E-state index in [-0.39, 0.29) is 36.4 Å². The number of fused-ring (bicyclic) bond motifs is 1. The number of hydrogen-bond acceptors (Lipinski definition) is 5. The molecule has 0 amide bonds. The molecular formula is C20H28O5. The van der Waals surface area contributed by atoms with Crippen LogP contribution in [0.2, 0.25) is 0 Å². The standard InChI is InChI=1S/C20H28O5/c1-11(2)7-8-15(21)13(5)14-10-16-20(6,25-16)19(23)18(14)24-17(22)9-12(3)4/h7,12,14,16,18H,5,8-10H2,1-4,6H3/t14-,16-,18-,20-/m0/s1. The van der Waals surface area contributed by atoms with Gasteiger partial charge in [0.15, 0.2) is 17.5 Å². The Morgan fingerprint density at radius 2 is 2.04 bits per heavy atom. The average molecular weight is 348 g/mol. The molecular weight excluding hydrogens is 320 g/mol. The van der Waals surface area contributed by atoms with E-state index in [1.807, 2.05) is 33.8 Å². The first-order chi connectivity index (χ1) is 11.6. The lowest BCUT2D eigenvalue weighted by molar-refractivity contribution is -0.161. The summed E-state index contributed by atoms with van der Waals surface area (Å²) in [5.41, 5.74) is 0.493. The van der Waals surface area contributed by atoms with Gasteiger partial charge in [0.2, 0.25) is 5.78 Å². The maximum atomic E-state index is 12.7. The Morgan fingerprint density at radius 1 is 1.40 bits per heavy atom. The van der Waals surface area contributed by atoms with Gasteiger partial charge < -0.3 is 9.47 Å². The van der Waals surface area contributed by atoms with E-state index in [0.29, 0.717) is 12.0 Å². The van der Waals surface area contributed by atoms with Crippen molar-refractivity contribution in [2.75, 3.05) is 0 Å². The number of carbonyl (C=O) groups excluding carboxylic acids is 3. The van der Waals surface area contributed by atoms with Gasteiger partial charge in [-0.25, -0.2) is 0 Å². The molecule has 0 spiro atoms. The first-order valence-electron chi connectivity index (χ1n) is 8.83. The van der Waals surface area contributed by atoms with Crippen LogP contribution in [0.3, 0.4) is 0 Å². The summed E-state index contributed by atoms with van der Waals surface area (Å²) in [6, 6.07) is 0. The third kappa shape index (κ3) is 4.27. The molecule has 5 heteroatoms. The predicted octanol–water partition coefficient (Wildman–Crippen LogP) is 3.17. The molecule has 0 bridgehead atoms. The Morgan fingerprint density at radius 3 is 2.60 bits per heavy atom. The third-order valence-electron chi connectivity index (χ3n) is 4.86. The van der Waals surface area contributed by atoms with Crippen LogP contribution >= 0.6 is 0 Å². The van der Waals surface area contributed by atoms with E-state index in [1.54, 1.807) is 6.92 Å². The Hall–Kier alpha value is -1.75. The highest BCUT2D eigenvalue weighted by molar-refractivity contribution is 6.01. The monoisotopic (exact) mass is 348 g/mol. The molecule has 0 N–H and O–H groups in total. The highest BCUT2D eigenvalue weighted by atomic mass is 16.6. The number of allylic oxidation sites excluding steroid dienone is 2. The Kier molecular flexibility index (Phi) is 5.67. The van der Waals surface area contributed by atoms with Crippen LogP contribution < -0.4 is 0 Å². The zero-order chi connectivity index (χ0) is 18.9. The van der Waals surface area contributed by atoms with E-state index in [0.717, 1.165) is 5.57 Å². The maximum Gasteiger partial charge on any atom is 0.306 e. The summed E-state index contributed by atoms with van der Waals surface area (Å²) in [6.07, 6.45) is 1.56. The van der Waals surface area contributed by atoms with E-state index < -0.39 is 23.6 Å². The molecule has 138 valence electrons. The van der Waals surface area contributed by atoms with Crippen LogP contribution in [0.1, 0.15) is 53.9 Å². The zero-order valence-corrected chi connectivity index (χ0v) is 15.8. The second-order valence-electron chi connectivity index (χ2n) is 7.86. The SMILES string of the molecule is C=C(C(=O)CC=C(C)C)[C@@H]1C[C@@H]2O[C@]2(C)C(=O)[C@H]1OC(=O)CC(C)C. The molecule has 1 saturated heterocycles. The van der Waals surface area contributed by atoms with Crippen molar-refractivity contribution in [1.29, 1.82) is 0 Å². The predicted molar refractivity (Wildman–Crippen MR) is 93.9 cm³/mol. The van der Waals surface area contributed by atoms with Crippen molar-refractivity contribution in [3.05, 3.63) is 23.8 Å². The lowest BCUT2D eigenvalue weighted by Crippen LogP contribution is -2.48. The van der Waals surface area contributed by atoms with E-state index >= 15 is 0 Å². The minimum Gasteiger partial charge on any atom is -0.454 e. The van der Waals surface area contributed by atoms with Crippen LogP contribution in [-0.2, 0) is 23.9 Å². The van der Waals surface area contributed by atoms with Crippen molar-refractivity contribution in [3.63, 3.8) is 0 Å². The minimum absolute atomic E-state index is 0.131. The molecule has 0 aromatic carbocycles. The highest BCUT2D eigenvalue weighted by Crippen LogP contribution is 2.49. The van der Waals surface area contributed by atoms with Gasteiger partial charge in [0, 0.05) is 18.8 Å². The summed E-state index contributed by atoms with van der Waals surface area (Å²) in [5.74, 6) is -1.20. The van der Waals surface area contributed by atoms with Gasteiger partial charge in [-0.2, -0.15) is 0 Å². The molecule has 1 heterocycles. The zero-order valence-electron chi connectivity index (χ0n) is 15.8. The lowest BCUT2D eigenvalue weighted by Gasteiger charge is -2.31. The number of esters is 1. The van der Waals surface area contributed by atoms with Crippen LogP contribution in [0.25, 0.3) is 0 Å². The first kappa shape index (κ1) is 19.6. The van der Waals surface area contributed by atoms with Crippen molar-refractivity contribution >= 4 is 17.5 Å². The topological polar surface area (TPSA) is 73.0 Å². The summed E-state index contributed by atoms with van der Waals surface area (Å²) >= 11 is 0. The van der Waals surface area contributed by atoms with Crippen molar-refractivity contribution in [2.24, 2.45) is 11.8 Å². The van der Waals surface area contributed by atoms with Crippen LogP contribution in [0.4, 0.5) is 0 Å². The van der Waals surface area contributed by atoms with Crippen molar-refractivity contribution in [3.8, 4) is 0 Å². The molecule has 1 aliphatic heterocycles. The Balaban J connectivity index is 2.16. The third-order valence-corrected chi connectivity index (χ3v) is 4.86. The van der Waals surface area contributed by atoms with E-state index in [2.05, 4.69) is 6.58 Å². The summed E-state index contributed by atoms with van der Waals surface area (Å²) in [4.78, 5) is 37.3. The van der Waals surface area contributed by atoms with Gasteiger partial charge in [0.1, 0.15) is 0 Å². The quantitative estimate of drug-likeness (QED) is 0.306. The van der Waals surface area contributed by atoms with Gasteiger partial charge in [-0.3, -0.25) is 14.4 Å². The molecule has 5 nitrogen and oxygen atoms in total. The fourth-order valence-corrected chi connectivity index (χ4v) is 3.19. The Labute approximate surface area is 149 Å². The molecule has 2 aliphatic rings. The molecule has 0 radical (unpaired) electrons. The van der Waals surface area contributed by atoms with Crippen LogP contribution in [0.15, 0.2) is 23.8 Å². The molecule has 1 aliphatic carbocycles. The molecule has 2 fully saturated rings. The minimum atomic E-state index is -0.988. The van der Waals surface area contributed by atoms with Gasteiger partial charge in [0.05, 0.1) is 6.10 Å². The molecule has 1 saturated carbocycles. The number of ether oxygens (including phenoxy) is 2. The normalized spacial score (nSPS) is 30.5. The van der Waals surface area contributed by atoms with Gasteiger partial charge in [-0.1, -0.05) is 32.1 Å². The number of ketones is 2. The Bertz CT molecular complexity index is 626. The highest BCUT2D eigenvalue weighted by Gasteiger charge is 2.66. The summed E-state index contributed by atoms with van der Waals surface area (Å²) in [5, 5.41) is 0. The van der Waals surface area contributed by atoms with Crippen molar-refractivity contribution < 1.29 is 23.9 Å². The second kappa shape index (κ2) is 7.24. The van der Waals surface area contributed by atoms with Crippen LogP contribution in [0, 0.1) is 11.8 Å². The van der Waals surface area contributed by atoms with Gasteiger partial charge in [-0.05, 0) is 38.7 Å². The fraction of sp³-hybridized carbons (Fsp3) is 0.650. The largest absolute Gasteiger partial charge is 0.454 e. The maximum absolute atomic E-state index is 12.7. The van der Waals surface area contributed by atoms with E-state index in [4.69, 9.17) is 9.47 Å². The van der Waals surface area contributed by atoms with Crippen LogP contribution in [0.5, 0.6) is 0 Å². The van der Waals surface area contributed by atoms with Crippen molar-refractivity contribution in [2.45, 2.75) is 71.7 Å². The number of carbonyl (C=O) groups is 3. The molecule has 0 aromatic heterocycles. The van der Waals surface area contributed by atoms with E-state index in [9.17, 15) is 14.4 Å². The van der Waals surface area contributed by atoms with Crippen LogP contribution in [-0.4, -0.2) is 35.3 Å². The number of rotatable bonds is 7. The summed E-state index contributed by atoms with van der Waals surface area (Å²) in [6.45, 7) is 13.3. The lowest BCUT2D eigenvalue weighted by atomic mass is 9.75. The fourth-order valence-electron chi connectivity index (χ4n) is 3.19. The van der Waals surface area contributed by atoms with E-state index in [1.165, 1.54) is 0 Å². The molecule has 2 rings (SSSR count). The van der Waals surface area contributed by atoms with Gasteiger partial charge in [0.25, 0.3) is 0 Å². The number of Topliss-reactive ketones (excluding diaryl/α,β-unsaturated/α-hetero) is 2. The van der Waals surface area contributed by atoms with Gasteiger partial charge >= 0.3 is 5.97 Å². The molecule has 4 atom stereocenters.